The van der Waals surface area contributed by atoms with Crippen molar-refractivity contribution in [1.82, 2.24) is 9.88 Å². The van der Waals surface area contributed by atoms with E-state index in [-0.39, 0.29) is 17.8 Å². The molecule has 2 aromatic heterocycles. The predicted octanol–water partition coefficient (Wildman–Crippen LogP) is 3.14. The van der Waals surface area contributed by atoms with Crippen molar-refractivity contribution < 1.29 is 4.79 Å². The molecule has 2 N–H and O–H groups in total. The van der Waals surface area contributed by atoms with Gasteiger partial charge in [-0.1, -0.05) is 11.6 Å². The molecule has 1 aliphatic rings. The van der Waals surface area contributed by atoms with Gasteiger partial charge in [0, 0.05) is 17.6 Å². The first-order valence-electron chi connectivity index (χ1n) is 6.36. The van der Waals surface area contributed by atoms with Crippen LogP contribution in [-0.4, -0.2) is 22.3 Å². The molecule has 1 amide bonds. The molecule has 6 heteroatoms. The first-order chi connectivity index (χ1) is 9.58. The lowest BCUT2D eigenvalue weighted by Crippen LogP contribution is -2.38. The first-order valence-corrected chi connectivity index (χ1v) is 7.62. The first kappa shape index (κ1) is 13.4. The molecular weight excluding hydrogens is 294 g/mol. The number of hydrogen-bond donors (Lipinski definition) is 1. The number of thiophene rings is 1. The van der Waals surface area contributed by atoms with Crippen molar-refractivity contribution in [3.8, 4) is 0 Å². The minimum atomic E-state index is -0.0521. The predicted molar refractivity (Wildman–Crippen MR) is 81.1 cm³/mol. The minimum absolute atomic E-state index is 0.0521. The number of pyridine rings is 1. The van der Waals surface area contributed by atoms with Crippen molar-refractivity contribution in [2.45, 2.75) is 19.4 Å². The molecular formula is C14H14ClN3OS. The van der Waals surface area contributed by atoms with Crippen molar-refractivity contribution in [1.29, 1.82) is 0 Å². The Balaban J connectivity index is 1.90. The maximum atomic E-state index is 12.6. The Morgan fingerprint density at radius 3 is 3.15 bits per heavy atom. The number of nitrogens with zero attached hydrogens (tertiary/aromatic N) is 2. The average Bonchev–Trinajstić information content (AvgIpc) is 2.91. The maximum absolute atomic E-state index is 12.6. The van der Waals surface area contributed by atoms with Crippen molar-refractivity contribution in [2.75, 3.05) is 12.3 Å². The van der Waals surface area contributed by atoms with E-state index < -0.39 is 0 Å². The van der Waals surface area contributed by atoms with E-state index in [1.54, 1.807) is 17.4 Å². The molecule has 0 spiro atoms. The number of carbonyl (C=O) groups excluding carboxylic acids is 1. The van der Waals surface area contributed by atoms with Gasteiger partial charge >= 0.3 is 0 Å². The van der Waals surface area contributed by atoms with Gasteiger partial charge in [0.05, 0.1) is 16.6 Å². The number of anilines is 1. The van der Waals surface area contributed by atoms with Gasteiger partial charge in [-0.15, -0.1) is 11.3 Å². The van der Waals surface area contributed by atoms with Crippen LogP contribution in [-0.2, 0) is 6.42 Å². The van der Waals surface area contributed by atoms with Gasteiger partial charge in [-0.05, 0) is 36.4 Å². The van der Waals surface area contributed by atoms with E-state index in [1.165, 1.54) is 16.6 Å². The van der Waals surface area contributed by atoms with E-state index in [9.17, 15) is 4.79 Å². The van der Waals surface area contributed by atoms with Crippen LogP contribution in [0.25, 0.3) is 0 Å². The van der Waals surface area contributed by atoms with Gasteiger partial charge in [-0.2, -0.15) is 0 Å². The molecule has 1 unspecified atom stereocenters. The smallest absolute Gasteiger partial charge is 0.255 e. The van der Waals surface area contributed by atoms with E-state index in [4.69, 9.17) is 17.3 Å². The summed E-state index contributed by atoms with van der Waals surface area (Å²) in [6.07, 6.45) is 2.39. The third kappa shape index (κ3) is 2.17. The van der Waals surface area contributed by atoms with Gasteiger partial charge in [0.1, 0.15) is 5.82 Å². The van der Waals surface area contributed by atoms with E-state index in [0.29, 0.717) is 10.6 Å². The minimum Gasteiger partial charge on any atom is -0.382 e. The number of nitrogen functional groups attached to an aromatic ring is 1. The molecule has 0 fully saturated rings. The molecule has 0 aliphatic carbocycles. The number of fused-ring (bicyclic) bond motifs is 1. The van der Waals surface area contributed by atoms with E-state index in [2.05, 4.69) is 23.4 Å². The molecule has 0 bridgehead atoms. The lowest BCUT2D eigenvalue weighted by Gasteiger charge is -2.33. The standard InChI is InChI=1S/C14H14ClN3OS/c1-8-10-3-5-20-12(10)2-4-18(8)14(19)9-6-11(15)13(16)17-7-9/h3,5-8H,2,4H2,1H3,(H2,16,17). The summed E-state index contributed by atoms with van der Waals surface area (Å²) in [5, 5.41) is 2.40. The Hall–Kier alpha value is -1.59. The quantitative estimate of drug-likeness (QED) is 0.880. The molecule has 0 radical (unpaired) electrons. The second kappa shape index (κ2) is 5.07. The van der Waals surface area contributed by atoms with Crippen LogP contribution >= 0.6 is 22.9 Å². The van der Waals surface area contributed by atoms with E-state index in [1.807, 2.05) is 4.90 Å². The second-order valence-corrected chi connectivity index (χ2v) is 6.22. The van der Waals surface area contributed by atoms with Crippen LogP contribution < -0.4 is 5.73 Å². The number of carbonyl (C=O) groups is 1. The van der Waals surface area contributed by atoms with Crippen LogP contribution in [0, 0.1) is 0 Å². The number of amides is 1. The van der Waals surface area contributed by atoms with Gasteiger partial charge < -0.3 is 10.6 Å². The number of hydrogen-bond acceptors (Lipinski definition) is 4. The monoisotopic (exact) mass is 307 g/mol. The normalized spacial score (nSPS) is 17.9. The third-order valence-corrected chi connectivity index (χ3v) is 4.95. The number of nitrogens with two attached hydrogens (primary N) is 1. The van der Waals surface area contributed by atoms with Gasteiger partial charge in [-0.25, -0.2) is 4.98 Å². The van der Waals surface area contributed by atoms with Gasteiger partial charge in [0.2, 0.25) is 0 Å². The van der Waals surface area contributed by atoms with Crippen molar-refractivity contribution in [2.24, 2.45) is 0 Å². The van der Waals surface area contributed by atoms with Gasteiger partial charge in [0.15, 0.2) is 0 Å². The zero-order valence-corrected chi connectivity index (χ0v) is 12.5. The molecule has 3 heterocycles. The van der Waals surface area contributed by atoms with Crippen LogP contribution in [0.2, 0.25) is 5.02 Å². The Morgan fingerprint density at radius 1 is 1.60 bits per heavy atom. The topological polar surface area (TPSA) is 59.2 Å². The number of aromatic nitrogens is 1. The summed E-state index contributed by atoms with van der Waals surface area (Å²) < 4.78 is 0. The fraction of sp³-hybridized carbons (Fsp3) is 0.286. The highest BCUT2D eigenvalue weighted by Gasteiger charge is 2.29. The zero-order chi connectivity index (χ0) is 14.3. The van der Waals surface area contributed by atoms with Gasteiger partial charge in [0.25, 0.3) is 5.91 Å². The fourth-order valence-electron chi connectivity index (χ4n) is 2.52. The van der Waals surface area contributed by atoms with E-state index >= 15 is 0 Å². The maximum Gasteiger partial charge on any atom is 0.255 e. The lowest BCUT2D eigenvalue weighted by molar-refractivity contribution is 0.0679. The lowest BCUT2D eigenvalue weighted by atomic mass is 10.0. The van der Waals surface area contributed by atoms with E-state index in [0.717, 1.165) is 13.0 Å². The summed E-state index contributed by atoms with van der Waals surface area (Å²) in [4.78, 5) is 19.8. The summed E-state index contributed by atoms with van der Waals surface area (Å²) in [6, 6.07) is 3.76. The Bertz CT molecular complexity index is 670. The summed E-state index contributed by atoms with van der Waals surface area (Å²) in [6.45, 7) is 2.77. The second-order valence-electron chi connectivity index (χ2n) is 4.81. The zero-order valence-electron chi connectivity index (χ0n) is 11.0. The molecule has 3 rings (SSSR count). The molecule has 4 nitrogen and oxygen atoms in total. The van der Waals surface area contributed by atoms with Crippen LogP contribution in [0.3, 0.4) is 0 Å². The van der Waals surface area contributed by atoms with Crippen molar-refractivity contribution >= 4 is 34.7 Å². The van der Waals surface area contributed by atoms with Crippen LogP contribution in [0.5, 0.6) is 0 Å². The van der Waals surface area contributed by atoms with Crippen LogP contribution in [0.15, 0.2) is 23.7 Å². The Labute approximate surface area is 126 Å². The molecule has 2 aromatic rings. The molecule has 20 heavy (non-hydrogen) atoms. The Kier molecular flexibility index (Phi) is 3.40. The van der Waals surface area contributed by atoms with Gasteiger partial charge in [-0.3, -0.25) is 4.79 Å². The Morgan fingerprint density at radius 2 is 2.40 bits per heavy atom. The molecule has 0 saturated heterocycles. The molecule has 1 atom stereocenters. The van der Waals surface area contributed by atoms with Crippen LogP contribution in [0.1, 0.15) is 33.8 Å². The van der Waals surface area contributed by atoms with Crippen LogP contribution in [0.4, 0.5) is 5.82 Å². The molecule has 0 saturated carbocycles. The SMILES string of the molecule is CC1c2ccsc2CCN1C(=O)c1cnc(N)c(Cl)c1. The summed E-state index contributed by atoms with van der Waals surface area (Å²) in [5.74, 6) is 0.193. The molecule has 1 aliphatic heterocycles. The number of halogens is 1. The largest absolute Gasteiger partial charge is 0.382 e. The summed E-state index contributed by atoms with van der Waals surface area (Å²) in [7, 11) is 0. The average molecular weight is 308 g/mol. The highest BCUT2D eigenvalue weighted by molar-refractivity contribution is 7.10. The fourth-order valence-corrected chi connectivity index (χ4v) is 3.65. The van der Waals surface area contributed by atoms with Crippen molar-refractivity contribution in [3.63, 3.8) is 0 Å². The number of rotatable bonds is 1. The molecule has 104 valence electrons. The third-order valence-electron chi connectivity index (χ3n) is 3.65. The molecule has 0 aromatic carbocycles. The summed E-state index contributed by atoms with van der Waals surface area (Å²) in [5.41, 5.74) is 7.30. The highest BCUT2D eigenvalue weighted by Crippen LogP contribution is 2.33. The van der Waals surface area contributed by atoms with Crippen molar-refractivity contribution in [3.05, 3.63) is 44.7 Å². The summed E-state index contributed by atoms with van der Waals surface area (Å²) >= 11 is 7.70. The highest BCUT2D eigenvalue weighted by atomic mass is 35.5.